The Kier molecular flexibility index (Phi) is 3.14. The first-order valence-electron chi connectivity index (χ1n) is 6.63. The van der Waals surface area contributed by atoms with E-state index >= 15 is 0 Å². The zero-order valence-electron chi connectivity index (χ0n) is 10.8. The van der Waals surface area contributed by atoms with E-state index in [-0.39, 0.29) is 0 Å². The lowest BCUT2D eigenvalue weighted by Crippen LogP contribution is -2.29. The topological polar surface area (TPSA) is 47.7 Å². The Hall–Kier alpha value is -1.26. The second kappa shape index (κ2) is 4.78. The number of fused-ring (bicyclic) bond motifs is 1. The minimum absolute atomic E-state index is 0.324. The number of benzene rings is 1. The molecule has 1 aromatic carbocycles. The summed E-state index contributed by atoms with van der Waals surface area (Å²) in [6.07, 6.45) is 1.09. The Bertz CT molecular complexity index is 436. The molecule has 0 aliphatic carbocycles. The van der Waals surface area contributed by atoms with Gasteiger partial charge in [0.25, 0.3) is 0 Å². The van der Waals surface area contributed by atoms with Crippen molar-refractivity contribution in [3.63, 3.8) is 0 Å². The number of ether oxygens (including phenoxy) is 2. The van der Waals surface area contributed by atoms with Crippen molar-refractivity contribution >= 4 is 0 Å². The van der Waals surface area contributed by atoms with Crippen LogP contribution in [0.5, 0.6) is 11.5 Å². The fraction of sp³-hybridized carbons (Fsp3) is 0.571. The van der Waals surface area contributed by atoms with Gasteiger partial charge in [-0.05, 0) is 31.0 Å². The van der Waals surface area contributed by atoms with Crippen LogP contribution in [-0.4, -0.2) is 37.2 Å². The smallest absolute Gasteiger partial charge is 0.161 e. The molecular weight excluding hydrogens is 228 g/mol. The second-order valence-corrected chi connectivity index (χ2v) is 5.12. The van der Waals surface area contributed by atoms with Gasteiger partial charge in [-0.2, -0.15) is 0 Å². The van der Waals surface area contributed by atoms with E-state index in [1.54, 1.807) is 0 Å². The largest absolute Gasteiger partial charge is 0.486 e. The molecule has 2 aliphatic heterocycles. The summed E-state index contributed by atoms with van der Waals surface area (Å²) in [4.78, 5) is 2.43. The zero-order valence-corrected chi connectivity index (χ0v) is 10.8. The summed E-state index contributed by atoms with van der Waals surface area (Å²) in [6.45, 7) is 5.57. The molecule has 98 valence electrons. The number of likely N-dealkylation sites (tertiary alicyclic amines) is 1. The molecule has 0 spiro atoms. The van der Waals surface area contributed by atoms with Crippen molar-refractivity contribution in [1.29, 1.82) is 0 Å². The lowest BCUT2D eigenvalue weighted by molar-refractivity contribution is 0.170. The van der Waals surface area contributed by atoms with Crippen LogP contribution in [0.25, 0.3) is 0 Å². The normalized spacial score (nSPS) is 25.1. The molecule has 1 aromatic rings. The first kappa shape index (κ1) is 11.8. The molecule has 0 bridgehead atoms. The Labute approximate surface area is 108 Å². The van der Waals surface area contributed by atoms with Gasteiger partial charge in [0, 0.05) is 25.2 Å². The van der Waals surface area contributed by atoms with E-state index in [2.05, 4.69) is 24.0 Å². The van der Waals surface area contributed by atoms with Crippen LogP contribution >= 0.6 is 0 Å². The van der Waals surface area contributed by atoms with Gasteiger partial charge in [-0.3, -0.25) is 4.90 Å². The summed E-state index contributed by atoms with van der Waals surface area (Å²) >= 11 is 0. The predicted molar refractivity (Wildman–Crippen MR) is 70.0 cm³/mol. The Balaban J connectivity index is 1.79. The van der Waals surface area contributed by atoms with Crippen LogP contribution in [0.2, 0.25) is 0 Å². The zero-order chi connectivity index (χ0) is 12.5. The third-order valence-electron chi connectivity index (χ3n) is 3.85. The van der Waals surface area contributed by atoms with E-state index in [0.29, 0.717) is 25.3 Å². The monoisotopic (exact) mass is 248 g/mol. The van der Waals surface area contributed by atoms with E-state index < -0.39 is 0 Å². The molecule has 2 atom stereocenters. The van der Waals surface area contributed by atoms with Gasteiger partial charge < -0.3 is 15.2 Å². The van der Waals surface area contributed by atoms with E-state index in [0.717, 1.165) is 31.0 Å². The first-order chi connectivity index (χ1) is 8.74. The minimum atomic E-state index is 0.324. The number of nitrogens with zero attached hydrogens (tertiary/aromatic N) is 1. The van der Waals surface area contributed by atoms with Crippen molar-refractivity contribution in [3.8, 4) is 11.5 Å². The van der Waals surface area contributed by atoms with Crippen LogP contribution in [0.15, 0.2) is 18.2 Å². The number of rotatable bonds is 2. The van der Waals surface area contributed by atoms with Gasteiger partial charge in [0.15, 0.2) is 11.5 Å². The molecule has 4 heteroatoms. The van der Waals surface area contributed by atoms with Gasteiger partial charge in [-0.1, -0.05) is 6.07 Å². The van der Waals surface area contributed by atoms with Gasteiger partial charge >= 0.3 is 0 Å². The molecule has 3 rings (SSSR count). The van der Waals surface area contributed by atoms with Crippen molar-refractivity contribution < 1.29 is 9.47 Å². The van der Waals surface area contributed by atoms with Crippen LogP contribution in [0, 0.1) is 0 Å². The van der Waals surface area contributed by atoms with Gasteiger partial charge in [0.05, 0.1) is 0 Å². The highest BCUT2D eigenvalue weighted by Gasteiger charge is 2.25. The van der Waals surface area contributed by atoms with Crippen LogP contribution in [0.1, 0.15) is 24.9 Å². The van der Waals surface area contributed by atoms with Crippen molar-refractivity contribution in [2.45, 2.75) is 25.4 Å². The number of hydrogen-bond acceptors (Lipinski definition) is 4. The van der Waals surface area contributed by atoms with Crippen LogP contribution in [0.4, 0.5) is 0 Å². The number of nitrogens with two attached hydrogens (primary N) is 1. The Morgan fingerprint density at radius 1 is 1.28 bits per heavy atom. The highest BCUT2D eigenvalue weighted by Crippen LogP contribution is 2.34. The minimum Gasteiger partial charge on any atom is -0.486 e. The van der Waals surface area contributed by atoms with E-state index in [4.69, 9.17) is 15.2 Å². The van der Waals surface area contributed by atoms with E-state index in [1.807, 2.05) is 6.07 Å². The molecular formula is C14H20N2O2. The molecule has 2 unspecified atom stereocenters. The maximum Gasteiger partial charge on any atom is 0.161 e. The molecule has 0 aromatic heterocycles. The fourth-order valence-corrected chi connectivity index (χ4v) is 2.70. The Morgan fingerprint density at radius 3 is 2.78 bits per heavy atom. The molecule has 0 amide bonds. The molecule has 0 radical (unpaired) electrons. The van der Waals surface area contributed by atoms with Crippen LogP contribution in [0.3, 0.4) is 0 Å². The molecule has 0 saturated carbocycles. The predicted octanol–water partition coefficient (Wildman–Crippen LogP) is 1.55. The third-order valence-corrected chi connectivity index (χ3v) is 3.85. The standard InChI is InChI=1S/C14H20N2O2/c1-10(16-5-4-12(15)9-16)11-2-3-13-14(8-11)18-7-6-17-13/h2-3,8,10,12H,4-7,9,15H2,1H3. The molecule has 2 heterocycles. The second-order valence-electron chi connectivity index (χ2n) is 5.12. The van der Waals surface area contributed by atoms with Crippen molar-refractivity contribution in [2.24, 2.45) is 5.73 Å². The van der Waals surface area contributed by atoms with Gasteiger partial charge in [-0.15, -0.1) is 0 Å². The molecule has 2 aliphatic rings. The Morgan fingerprint density at radius 2 is 2.06 bits per heavy atom. The summed E-state index contributed by atoms with van der Waals surface area (Å²) in [7, 11) is 0. The average molecular weight is 248 g/mol. The summed E-state index contributed by atoms with van der Waals surface area (Å²) in [6, 6.07) is 6.94. The lowest BCUT2D eigenvalue weighted by Gasteiger charge is -2.26. The number of hydrogen-bond donors (Lipinski definition) is 1. The van der Waals surface area contributed by atoms with Gasteiger partial charge in [0.2, 0.25) is 0 Å². The fourth-order valence-electron chi connectivity index (χ4n) is 2.70. The molecule has 1 fully saturated rings. The summed E-state index contributed by atoms with van der Waals surface area (Å²) in [5.41, 5.74) is 7.24. The van der Waals surface area contributed by atoms with Gasteiger partial charge in [-0.25, -0.2) is 0 Å². The maximum atomic E-state index is 5.97. The van der Waals surface area contributed by atoms with Crippen molar-refractivity contribution in [1.82, 2.24) is 4.90 Å². The average Bonchev–Trinajstić information content (AvgIpc) is 2.84. The molecule has 18 heavy (non-hydrogen) atoms. The van der Waals surface area contributed by atoms with Gasteiger partial charge in [0.1, 0.15) is 13.2 Å². The molecule has 4 nitrogen and oxygen atoms in total. The molecule has 2 N–H and O–H groups in total. The highest BCUT2D eigenvalue weighted by atomic mass is 16.6. The summed E-state index contributed by atoms with van der Waals surface area (Å²) in [5, 5.41) is 0. The summed E-state index contributed by atoms with van der Waals surface area (Å²) < 4.78 is 11.2. The maximum absolute atomic E-state index is 5.97. The quantitative estimate of drug-likeness (QED) is 0.862. The van der Waals surface area contributed by atoms with Crippen LogP contribution in [-0.2, 0) is 0 Å². The SMILES string of the molecule is CC(c1ccc2c(c1)OCCO2)N1CCC(N)C1. The third kappa shape index (κ3) is 2.18. The van der Waals surface area contributed by atoms with E-state index in [9.17, 15) is 0 Å². The molecule has 1 saturated heterocycles. The summed E-state index contributed by atoms with van der Waals surface area (Å²) in [5.74, 6) is 1.73. The van der Waals surface area contributed by atoms with E-state index in [1.165, 1.54) is 5.56 Å². The van der Waals surface area contributed by atoms with Crippen molar-refractivity contribution in [2.75, 3.05) is 26.3 Å². The highest BCUT2D eigenvalue weighted by molar-refractivity contribution is 5.44. The van der Waals surface area contributed by atoms with Crippen LogP contribution < -0.4 is 15.2 Å². The van der Waals surface area contributed by atoms with Crippen molar-refractivity contribution in [3.05, 3.63) is 23.8 Å². The first-order valence-corrected chi connectivity index (χ1v) is 6.63. The lowest BCUT2D eigenvalue weighted by atomic mass is 10.1.